The highest BCUT2D eigenvalue weighted by Crippen LogP contribution is 2.22. The summed E-state index contributed by atoms with van der Waals surface area (Å²) < 4.78 is 0. The number of carbonyl (C=O) groups is 1. The lowest BCUT2D eigenvalue weighted by molar-refractivity contribution is -0.385. The highest BCUT2D eigenvalue weighted by molar-refractivity contribution is 5.68. The average molecular weight is 237 g/mol. The molecule has 0 aliphatic carbocycles. The average Bonchev–Trinajstić information content (AvgIpc) is 2.28. The second-order valence-corrected chi connectivity index (χ2v) is 2.89. The fourth-order valence-corrected chi connectivity index (χ4v) is 1.02. The molecule has 0 amide bonds. The molecule has 1 aromatic rings. The SMILES string of the molecule is N#Cc1ccc(NOCC(=O)O)cc1[N+](=O)[O-]. The van der Waals surface area contributed by atoms with Gasteiger partial charge in [0.05, 0.1) is 10.6 Å². The van der Waals surface area contributed by atoms with Crippen LogP contribution in [0.4, 0.5) is 11.4 Å². The zero-order valence-corrected chi connectivity index (χ0v) is 8.41. The Labute approximate surface area is 95.1 Å². The number of carboxylic acids is 1. The number of hydrogen-bond acceptors (Lipinski definition) is 6. The summed E-state index contributed by atoms with van der Waals surface area (Å²) in [7, 11) is 0. The lowest BCUT2D eigenvalue weighted by atomic mass is 10.2. The zero-order chi connectivity index (χ0) is 12.8. The first kappa shape index (κ1) is 12.4. The molecule has 0 aliphatic heterocycles. The van der Waals surface area contributed by atoms with E-state index in [4.69, 9.17) is 10.4 Å². The number of aliphatic carboxylic acids is 1. The molecule has 2 N–H and O–H groups in total. The van der Waals surface area contributed by atoms with E-state index in [1.54, 1.807) is 6.07 Å². The van der Waals surface area contributed by atoms with E-state index in [1.165, 1.54) is 12.1 Å². The highest BCUT2D eigenvalue weighted by atomic mass is 16.7. The quantitative estimate of drug-likeness (QED) is 0.575. The number of anilines is 1. The van der Waals surface area contributed by atoms with Crippen LogP contribution in [-0.2, 0) is 9.63 Å². The monoisotopic (exact) mass is 237 g/mol. The minimum atomic E-state index is -1.18. The van der Waals surface area contributed by atoms with Crippen LogP contribution in [0.15, 0.2) is 18.2 Å². The molecule has 17 heavy (non-hydrogen) atoms. The molecular weight excluding hydrogens is 230 g/mol. The van der Waals surface area contributed by atoms with E-state index in [0.29, 0.717) is 0 Å². The molecule has 0 saturated heterocycles. The molecule has 8 heteroatoms. The third-order valence-corrected chi connectivity index (χ3v) is 1.70. The Morgan fingerprint density at radius 2 is 2.35 bits per heavy atom. The van der Waals surface area contributed by atoms with Crippen molar-refractivity contribution in [3.05, 3.63) is 33.9 Å². The van der Waals surface area contributed by atoms with Gasteiger partial charge in [-0.1, -0.05) is 0 Å². The third-order valence-electron chi connectivity index (χ3n) is 1.70. The molecule has 0 unspecified atom stereocenters. The van der Waals surface area contributed by atoms with Crippen LogP contribution in [0.2, 0.25) is 0 Å². The molecule has 0 radical (unpaired) electrons. The van der Waals surface area contributed by atoms with Crippen molar-refractivity contribution in [2.24, 2.45) is 0 Å². The number of benzene rings is 1. The van der Waals surface area contributed by atoms with Crippen LogP contribution >= 0.6 is 0 Å². The number of nitriles is 1. The molecule has 88 valence electrons. The largest absolute Gasteiger partial charge is 0.479 e. The number of nitro groups is 1. The van der Waals surface area contributed by atoms with E-state index >= 15 is 0 Å². The molecule has 0 saturated carbocycles. The van der Waals surface area contributed by atoms with Gasteiger partial charge in [0.25, 0.3) is 5.69 Å². The van der Waals surface area contributed by atoms with Gasteiger partial charge in [-0.3, -0.25) is 20.4 Å². The van der Waals surface area contributed by atoms with E-state index in [0.717, 1.165) is 6.07 Å². The van der Waals surface area contributed by atoms with Crippen LogP contribution in [0, 0.1) is 21.4 Å². The second kappa shape index (κ2) is 5.43. The van der Waals surface area contributed by atoms with Crippen molar-refractivity contribution in [1.82, 2.24) is 0 Å². The van der Waals surface area contributed by atoms with Gasteiger partial charge in [-0.25, -0.2) is 4.79 Å². The predicted molar refractivity (Wildman–Crippen MR) is 55.0 cm³/mol. The topological polar surface area (TPSA) is 125 Å². The predicted octanol–water partition coefficient (Wildman–Crippen LogP) is 0.895. The number of nitrogens with one attached hydrogen (secondary N) is 1. The van der Waals surface area contributed by atoms with Gasteiger partial charge in [0.1, 0.15) is 11.6 Å². The first-order valence-corrected chi connectivity index (χ1v) is 4.32. The molecule has 0 spiro atoms. The van der Waals surface area contributed by atoms with Crippen molar-refractivity contribution in [2.45, 2.75) is 0 Å². The Balaban J connectivity index is 2.82. The Hall–Kier alpha value is -2.66. The van der Waals surface area contributed by atoms with Crippen molar-refractivity contribution in [1.29, 1.82) is 5.26 Å². The van der Waals surface area contributed by atoms with Gasteiger partial charge in [0, 0.05) is 6.07 Å². The van der Waals surface area contributed by atoms with Gasteiger partial charge in [0.15, 0.2) is 6.61 Å². The third kappa shape index (κ3) is 3.44. The molecule has 0 heterocycles. The number of nitrogens with zero attached hydrogens (tertiary/aromatic N) is 2. The van der Waals surface area contributed by atoms with Gasteiger partial charge >= 0.3 is 5.97 Å². The van der Waals surface area contributed by atoms with Crippen LogP contribution in [0.3, 0.4) is 0 Å². The molecule has 1 aromatic carbocycles. The Bertz CT molecular complexity index is 494. The van der Waals surface area contributed by atoms with Crippen LogP contribution in [0.25, 0.3) is 0 Å². The van der Waals surface area contributed by atoms with Gasteiger partial charge < -0.3 is 5.11 Å². The summed E-state index contributed by atoms with van der Waals surface area (Å²) in [6, 6.07) is 5.37. The van der Waals surface area contributed by atoms with Crippen molar-refractivity contribution in [2.75, 3.05) is 12.1 Å². The van der Waals surface area contributed by atoms with Crippen molar-refractivity contribution < 1.29 is 19.7 Å². The van der Waals surface area contributed by atoms with Crippen molar-refractivity contribution in [3.63, 3.8) is 0 Å². The molecular formula is C9H7N3O5. The fraction of sp³-hybridized carbons (Fsp3) is 0.111. The number of nitro benzene ring substituents is 1. The molecule has 0 bridgehead atoms. The second-order valence-electron chi connectivity index (χ2n) is 2.89. The molecule has 0 fully saturated rings. The molecule has 0 atom stereocenters. The molecule has 0 aliphatic rings. The van der Waals surface area contributed by atoms with Crippen LogP contribution in [0.5, 0.6) is 0 Å². The Kier molecular flexibility index (Phi) is 3.96. The van der Waals surface area contributed by atoms with E-state index in [-0.39, 0.29) is 16.9 Å². The summed E-state index contributed by atoms with van der Waals surface area (Å²) in [4.78, 5) is 24.6. The van der Waals surface area contributed by atoms with E-state index in [2.05, 4.69) is 10.3 Å². The first-order chi connectivity index (χ1) is 8.04. The molecule has 8 nitrogen and oxygen atoms in total. The minimum absolute atomic E-state index is 0.0845. The smallest absolute Gasteiger partial charge is 0.332 e. The maximum absolute atomic E-state index is 10.6. The van der Waals surface area contributed by atoms with Crippen molar-refractivity contribution >= 4 is 17.3 Å². The fourth-order valence-electron chi connectivity index (χ4n) is 1.02. The summed E-state index contributed by atoms with van der Waals surface area (Å²) in [6.45, 7) is -0.589. The van der Waals surface area contributed by atoms with Crippen LogP contribution < -0.4 is 5.48 Å². The summed E-state index contributed by atoms with van der Waals surface area (Å²) in [5.74, 6) is -1.18. The lowest BCUT2D eigenvalue weighted by Crippen LogP contribution is -2.11. The maximum atomic E-state index is 10.6. The van der Waals surface area contributed by atoms with E-state index in [9.17, 15) is 14.9 Å². The lowest BCUT2D eigenvalue weighted by Gasteiger charge is -2.04. The Morgan fingerprint density at radius 1 is 1.65 bits per heavy atom. The van der Waals surface area contributed by atoms with Gasteiger partial charge in [-0.2, -0.15) is 5.26 Å². The minimum Gasteiger partial charge on any atom is -0.479 e. The van der Waals surface area contributed by atoms with Crippen LogP contribution in [-0.4, -0.2) is 22.6 Å². The molecule has 1 rings (SSSR count). The van der Waals surface area contributed by atoms with Gasteiger partial charge in [0.2, 0.25) is 0 Å². The summed E-state index contributed by atoms with van der Waals surface area (Å²) in [6.07, 6.45) is 0. The number of carboxylic acid groups (broad SMARTS) is 1. The number of rotatable bonds is 5. The Morgan fingerprint density at radius 3 is 2.88 bits per heavy atom. The van der Waals surface area contributed by atoms with Gasteiger partial charge in [-0.05, 0) is 12.1 Å². The highest BCUT2D eigenvalue weighted by Gasteiger charge is 2.14. The zero-order valence-electron chi connectivity index (χ0n) is 8.41. The normalized spacial score (nSPS) is 9.35. The standard InChI is InChI=1S/C9H7N3O5/c10-4-6-1-2-7(3-8(6)12(15)16)11-17-5-9(13)14/h1-3,11H,5H2,(H,13,14). The van der Waals surface area contributed by atoms with E-state index < -0.39 is 17.5 Å². The molecule has 0 aromatic heterocycles. The maximum Gasteiger partial charge on any atom is 0.332 e. The number of hydrogen-bond donors (Lipinski definition) is 2. The van der Waals surface area contributed by atoms with Gasteiger partial charge in [-0.15, -0.1) is 0 Å². The van der Waals surface area contributed by atoms with Crippen LogP contribution in [0.1, 0.15) is 5.56 Å². The van der Waals surface area contributed by atoms with E-state index in [1.807, 2.05) is 0 Å². The summed E-state index contributed by atoms with van der Waals surface area (Å²) in [5.41, 5.74) is 1.96. The van der Waals surface area contributed by atoms with Crippen molar-refractivity contribution in [3.8, 4) is 6.07 Å². The summed E-state index contributed by atoms with van der Waals surface area (Å²) >= 11 is 0. The summed E-state index contributed by atoms with van der Waals surface area (Å²) in [5, 5.41) is 27.5. The first-order valence-electron chi connectivity index (χ1n) is 4.32.